The first-order valence-electron chi connectivity index (χ1n) is 7.42. The molecule has 0 saturated heterocycles. The predicted molar refractivity (Wildman–Crippen MR) is 98.6 cm³/mol. The molecular weight excluding hydrogens is 406 g/mol. The maximum absolute atomic E-state index is 12.5. The van der Waals surface area contributed by atoms with Crippen molar-refractivity contribution in [3.05, 3.63) is 62.8 Å². The summed E-state index contributed by atoms with van der Waals surface area (Å²) in [5.74, 6) is -0.269. The maximum atomic E-state index is 12.5. The molecule has 3 heterocycles. The van der Waals surface area contributed by atoms with Gasteiger partial charge >= 0.3 is 0 Å². The van der Waals surface area contributed by atoms with Gasteiger partial charge in [-0.3, -0.25) is 18.6 Å². The molecule has 126 valence electrons. The molecule has 0 spiro atoms. The highest BCUT2D eigenvalue weighted by molar-refractivity contribution is 9.10. The van der Waals surface area contributed by atoms with Gasteiger partial charge in [-0.2, -0.15) is 0 Å². The topological polar surface area (TPSA) is 81.3 Å². The standard InChI is InChI=1S/C16H12BrN5O2S/c17-10-1-2-13-12(5-10)15(24)22(9-19-13)8-14(23)18-6-11-7-21-3-4-25-16(21)20-11/h1-5,7,9H,6,8H2,(H,18,23). The second kappa shape index (κ2) is 6.41. The summed E-state index contributed by atoms with van der Waals surface area (Å²) >= 11 is 4.87. The number of benzene rings is 1. The second-order valence-corrected chi connectivity index (χ2v) is 7.23. The first-order chi connectivity index (χ1) is 12.1. The average molecular weight is 418 g/mol. The van der Waals surface area contributed by atoms with Crippen molar-refractivity contribution in [1.29, 1.82) is 0 Å². The van der Waals surface area contributed by atoms with Gasteiger partial charge in [0.1, 0.15) is 6.54 Å². The molecule has 0 unspecified atom stereocenters. The van der Waals surface area contributed by atoms with Crippen LogP contribution >= 0.6 is 27.3 Å². The number of halogens is 1. The second-order valence-electron chi connectivity index (χ2n) is 5.44. The van der Waals surface area contributed by atoms with Crippen molar-refractivity contribution in [2.75, 3.05) is 0 Å². The van der Waals surface area contributed by atoms with Crippen molar-refractivity contribution in [3.8, 4) is 0 Å². The number of fused-ring (bicyclic) bond motifs is 2. The number of rotatable bonds is 4. The summed E-state index contributed by atoms with van der Waals surface area (Å²) in [6.07, 6.45) is 5.18. The molecule has 9 heteroatoms. The Kier molecular flexibility index (Phi) is 4.10. The van der Waals surface area contributed by atoms with Crippen LogP contribution in [-0.2, 0) is 17.9 Å². The summed E-state index contributed by atoms with van der Waals surface area (Å²) in [5, 5.41) is 5.20. The smallest absolute Gasteiger partial charge is 0.261 e. The van der Waals surface area contributed by atoms with Gasteiger partial charge in [0, 0.05) is 22.2 Å². The van der Waals surface area contributed by atoms with Crippen molar-refractivity contribution >= 4 is 49.0 Å². The highest BCUT2D eigenvalue weighted by Gasteiger charge is 2.09. The van der Waals surface area contributed by atoms with Gasteiger partial charge in [-0.1, -0.05) is 15.9 Å². The van der Waals surface area contributed by atoms with Crippen molar-refractivity contribution in [3.63, 3.8) is 0 Å². The van der Waals surface area contributed by atoms with Crippen LogP contribution in [0.2, 0.25) is 0 Å². The summed E-state index contributed by atoms with van der Waals surface area (Å²) in [7, 11) is 0. The van der Waals surface area contributed by atoms with E-state index < -0.39 is 0 Å². The SMILES string of the molecule is O=C(Cn1cnc2ccc(Br)cc2c1=O)NCc1cn2ccsc2n1. The first kappa shape index (κ1) is 16.0. The monoisotopic (exact) mass is 417 g/mol. The fraction of sp³-hybridized carbons (Fsp3) is 0.125. The van der Waals surface area contributed by atoms with Crippen LogP contribution in [0.4, 0.5) is 0 Å². The number of amides is 1. The van der Waals surface area contributed by atoms with E-state index in [2.05, 4.69) is 31.2 Å². The van der Waals surface area contributed by atoms with E-state index in [1.807, 2.05) is 28.2 Å². The summed E-state index contributed by atoms with van der Waals surface area (Å²) in [6, 6.07) is 5.29. The van der Waals surface area contributed by atoms with Crippen LogP contribution in [0.3, 0.4) is 0 Å². The Morgan fingerprint density at radius 1 is 1.36 bits per heavy atom. The minimum Gasteiger partial charge on any atom is -0.349 e. The molecule has 0 saturated carbocycles. The largest absolute Gasteiger partial charge is 0.349 e. The molecule has 25 heavy (non-hydrogen) atoms. The molecule has 3 aromatic heterocycles. The fourth-order valence-corrected chi connectivity index (χ4v) is 3.58. The van der Waals surface area contributed by atoms with E-state index in [9.17, 15) is 9.59 Å². The Balaban J connectivity index is 1.48. The van der Waals surface area contributed by atoms with E-state index >= 15 is 0 Å². The zero-order chi connectivity index (χ0) is 17.4. The van der Waals surface area contributed by atoms with Gasteiger partial charge in [0.05, 0.1) is 29.5 Å². The number of imidazole rings is 1. The van der Waals surface area contributed by atoms with E-state index in [-0.39, 0.29) is 18.0 Å². The minimum atomic E-state index is -0.269. The molecule has 7 nitrogen and oxygen atoms in total. The van der Waals surface area contributed by atoms with Gasteiger partial charge < -0.3 is 5.32 Å². The van der Waals surface area contributed by atoms with Gasteiger partial charge in [-0.25, -0.2) is 9.97 Å². The summed E-state index contributed by atoms with van der Waals surface area (Å²) in [5.41, 5.74) is 1.13. The zero-order valence-electron chi connectivity index (χ0n) is 12.8. The third kappa shape index (κ3) is 3.20. The number of nitrogens with zero attached hydrogens (tertiary/aromatic N) is 4. The lowest BCUT2D eigenvalue weighted by Gasteiger charge is -2.07. The minimum absolute atomic E-state index is 0.0868. The fourth-order valence-electron chi connectivity index (χ4n) is 2.50. The number of carbonyl (C=O) groups is 1. The molecule has 0 fully saturated rings. The third-order valence-electron chi connectivity index (χ3n) is 3.71. The van der Waals surface area contributed by atoms with Crippen LogP contribution in [0.25, 0.3) is 15.9 Å². The molecule has 0 bridgehead atoms. The summed E-state index contributed by atoms with van der Waals surface area (Å²) < 4.78 is 4.00. The third-order valence-corrected chi connectivity index (χ3v) is 4.97. The average Bonchev–Trinajstić information content (AvgIpc) is 3.17. The lowest BCUT2D eigenvalue weighted by atomic mass is 10.2. The Morgan fingerprint density at radius 2 is 2.24 bits per heavy atom. The summed E-state index contributed by atoms with van der Waals surface area (Å²) in [4.78, 5) is 34.1. The zero-order valence-corrected chi connectivity index (χ0v) is 15.2. The van der Waals surface area contributed by atoms with E-state index in [1.165, 1.54) is 22.2 Å². The number of carbonyl (C=O) groups excluding carboxylic acids is 1. The molecule has 1 aromatic carbocycles. The molecule has 0 aliphatic carbocycles. The lowest BCUT2D eigenvalue weighted by molar-refractivity contribution is -0.121. The van der Waals surface area contributed by atoms with Crippen LogP contribution < -0.4 is 10.9 Å². The predicted octanol–water partition coefficient (Wildman–Crippen LogP) is 2.18. The van der Waals surface area contributed by atoms with Crippen LogP contribution in [0.5, 0.6) is 0 Å². The molecule has 4 rings (SSSR count). The normalized spacial score (nSPS) is 11.2. The van der Waals surface area contributed by atoms with Crippen molar-refractivity contribution < 1.29 is 4.79 Å². The first-order valence-corrected chi connectivity index (χ1v) is 9.10. The Labute approximate surface area is 154 Å². The van der Waals surface area contributed by atoms with Crippen LogP contribution in [0.15, 0.2) is 51.6 Å². The summed E-state index contributed by atoms with van der Waals surface area (Å²) in [6.45, 7) is 0.227. The molecular formula is C16H12BrN5O2S. The number of hydrogen-bond acceptors (Lipinski definition) is 5. The van der Waals surface area contributed by atoms with Gasteiger partial charge in [0.15, 0.2) is 4.96 Å². The van der Waals surface area contributed by atoms with E-state index in [4.69, 9.17) is 0 Å². The molecule has 0 aliphatic rings. The number of nitrogens with one attached hydrogen (secondary N) is 1. The van der Waals surface area contributed by atoms with E-state index in [0.29, 0.717) is 17.4 Å². The highest BCUT2D eigenvalue weighted by Crippen LogP contribution is 2.15. The molecule has 0 atom stereocenters. The molecule has 1 N–H and O–H groups in total. The lowest BCUT2D eigenvalue weighted by Crippen LogP contribution is -2.32. The van der Waals surface area contributed by atoms with Gasteiger partial charge in [-0.15, -0.1) is 11.3 Å². The van der Waals surface area contributed by atoms with E-state index in [1.54, 1.807) is 12.1 Å². The van der Waals surface area contributed by atoms with Crippen molar-refractivity contribution in [2.45, 2.75) is 13.1 Å². The quantitative estimate of drug-likeness (QED) is 0.551. The molecule has 1 amide bonds. The van der Waals surface area contributed by atoms with Crippen LogP contribution in [-0.4, -0.2) is 24.8 Å². The van der Waals surface area contributed by atoms with Crippen LogP contribution in [0, 0.1) is 0 Å². The molecule has 0 aliphatic heterocycles. The Morgan fingerprint density at radius 3 is 3.08 bits per heavy atom. The maximum Gasteiger partial charge on any atom is 0.261 e. The number of hydrogen-bond donors (Lipinski definition) is 1. The molecule has 0 radical (unpaired) electrons. The van der Waals surface area contributed by atoms with Crippen molar-refractivity contribution in [2.24, 2.45) is 0 Å². The van der Waals surface area contributed by atoms with Gasteiger partial charge in [-0.05, 0) is 18.2 Å². The number of thiazole rings is 1. The van der Waals surface area contributed by atoms with Crippen LogP contribution in [0.1, 0.15) is 5.69 Å². The molecule has 4 aromatic rings. The van der Waals surface area contributed by atoms with Gasteiger partial charge in [0.25, 0.3) is 5.56 Å². The Hall–Kier alpha value is -2.52. The van der Waals surface area contributed by atoms with Gasteiger partial charge in [0.2, 0.25) is 5.91 Å². The Bertz CT molecular complexity index is 1120. The number of aromatic nitrogens is 4. The van der Waals surface area contributed by atoms with Crippen molar-refractivity contribution in [1.82, 2.24) is 24.3 Å². The van der Waals surface area contributed by atoms with E-state index in [0.717, 1.165) is 15.1 Å². The highest BCUT2D eigenvalue weighted by atomic mass is 79.9.